The van der Waals surface area contributed by atoms with Gasteiger partial charge in [0.25, 0.3) is 5.56 Å². The molecule has 0 aliphatic rings. The van der Waals surface area contributed by atoms with Crippen molar-refractivity contribution in [2.24, 2.45) is 0 Å². The van der Waals surface area contributed by atoms with Crippen molar-refractivity contribution >= 4 is 22.5 Å². The highest BCUT2D eigenvalue weighted by Gasteiger charge is 1.99. The maximum Gasteiger partial charge on any atom is 0.258 e. The van der Waals surface area contributed by atoms with E-state index in [0.717, 1.165) is 0 Å². The zero-order valence-electron chi connectivity index (χ0n) is 5.91. The predicted octanol–water partition coefficient (Wildman–Crippen LogP) is 0.972. The van der Waals surface area contributed by atoms with Crippen LogP contribution >= 0.6 is 11.6 Å². The van der Waals surface area contributed by atoms with Crippen LogP contribution < -0.4 is 5.56 Å². The average molecular weight is 182 g/mol. The zero-order chi connectivity index (χ0) is 8.55. The highest BCUT2D eigenvalue weighted by Crippen LogP contribution is 2.06. The van der Waals surface area contributed by atoms with Gasteiger partial charge >= 0.3 is 0 Å². The maximum atomic E-state index is 11.1. The molecule has 5 heteroatoms. The summed E-state index contributed by atoms with van der Waals surface area (Å²) in [4.78, 5) is 21.2. The summed E-state index contributed by atoms with van der Waals surface area (Å²) in [6, 6.07) is 1.67. The van der Waals surface area contributed by atoms with Crippen LogP contribution in [-0.2, 0) is 0 Å². The number of fused-ring (bicyclic) bond motifs is 1. The van der Waals surface area contributed by atoms with E-state index in [1.165, 1.54) is 12.4 Å². The molecular formula is C7H4ClN3O. The predicted molar refractivity (Wildman–Crippen MR) is 45.2 cm³/mol. The van der Waals surface area contributed by atoms with Crippen LogP contribution in [0.2, 0.25) is 5.28 Å². The molecule has 0 spiro atoms. The molecule has 2 rings (SSSR count). The van der Waals surface area contributed by atoms with Crippen molar-refractivity contribution in [2.45, 2.75) is 0 Å². The fourth-order valence-electron chi connectivity index (χ4n) is 0.948. The van der Waals surface area contributed by atoms with E-state index in [1.807, 2.05) is 0 Å². The Labute approximate surface area is 72.2 Å². The Kier molecular flexibility index (Phi) is 1.55. The molecule has 0 radical (unpaired) electrons. The van der Waals surface area contributed by atoms with Crippen molar-refractivity contribution in [3.05, 3.63) is 34.1 Å². The third-order valence-electron chi connectivity index (χ3n) is 1.49. The average Bonchev–Trinajstić information content (AvgIpc) is 2.04. The van der Waals surface area contributed by atoms with E-state index < -0.39 is 0 Å². The number of hydrogen-bond donors (Lipinski definition) is 1. The molecular weight excluding hydrogens is 178 g/mol. The molecule has 0 amide bonds. The molecule has 0 aliphatic heterocycles. The van der Waals surface area contributed by atoms with Gasteiger partial charge in [0, 0.05) is 12.4 Å². The van der Waals surface area contributed by atoms with Gasteiger partial charge in [0.1, 0.15) is 0 Å². The monoisotopic (exact) mass is 181 g/mol. The van der Waals surface area contributed by atoms with Crippen LogP contribution in [0.4, 0.5) is 0 Å². The van der Waals surface area contributed by atoms with Crippen LogP contribution in [-0.4, -0.2) is 15.0 Å². The lowest BCUT2D eigenvalue weighted by atomic mass is 10.3. The van der Waals surface area contributed by atoms with E-state index in [1.54, 1.807) is 6.07 Å². The minimum Gasteiger partial charge on any atom is -0.328 e. The van der Waals surface area contributed by atoms with E-state index in [2.05, 4.69) is 15.0 Å². The molecule has 0 saturated heterocycles. The van der Waals surface area contributed by atoms with Crippen LogP contribution in [0.25, 0.3) is 10.9 Å². The summed E-state index contributed by atoms with van der Waals surface area (Å²) in [6.45, 7) is 0. The Morgan fingerprint density at radius 1 is 1.50 bits per heavy atom. The lowest BCUT2D eigenvalue weighted by molar-refractivity contribution is 1.19. The Morgan fingerprint density at radius 3 is 3.17 bits per heavy atom. The van der Waals surface area contributed by atoms with Crippen molar-refractivity contribution in [2.75, 3.05) is 0 Å². The van der Waals surface area contributed by atoms with Gasteiger partial charge in [-0.25, -0.2) is 9.97 Å². The van der Waals surface area contributed by atoms with Crippen molar-refractivity contribution in [3.63, 3.8) is 0 Å². The molecule has 60 valence electrons. The number of rotatable bonds is 0. The van der Waals surface area contributed by atoms with Crippen LogP contribution in [0.3, 0.4) is 0 Å². The molecule has 12 heavy (non-hydrogen) atoms. The Balaban J connectivity index is 2.96. The molecule has 0 unspecified atom stereocenters. The molecule has 2 heterocycles. The summed E-state index contributed by atoms with van der Waals surface area (Å²) in [5.41, 5.74) is 0.350. The molecule has 0 aliphatic carbocycles. The first-order chi connectivity index (χ1) is 5.77. The van der Waals surface area contributed by atoms with Crippen molar-refractivity contribution in [3.8, 4) is 0 Å². The molecule has 0 saturated carbocycles. The lowest BCUT2D eigenvalue weighted by Gasteiger charge is -1.93. The zero-order valence-corrected chi connectivity index (χ0v) is 6.67. The number of nitrogens with zero attached hydrogens (tertiary/aromatic N) is 2. The SMILES string of the molecule is O=c1[nH]ccc2nc(Cl)ncc12. The van der Waals surface area contributed by atoms with E-state index in [0.29, 0.717) is 10.9 Å². The molecule has 2 aromatic rings. The summed E-state index contributed by atoms with van der Waals surface area (Å²) in [7, 11) is 0. The smallest absolute Gasteiger partial charge is 0.258 e. The molecule has 0 bridgehead atoms. The van der Waals surface area contributed by atoms with Gasteiger partial charge in [-0.1, -0.05) is 0 Å². The quantitative estimate of drug-likeness (QED) is 0.617. The summed E-state index contributed by atoms with van der Waals surface area (Å²) >= 11 is 5.54. The second kappa shape index (κ2) is 2.57. The first-order valence-corrected chi connectivity index (χ1v) is 3.65. The number of aromatic nitrogens is 3. The van der Waals surface area contributed by atoms with Crippen LogP contribution in [0.5, 0.6) is 0 Å². The van der Waals surface area contributed by atoms with Gasteiger partial charge in [0.2, 0.25) is 5.28 Å². The van der Waals surface area contributed by atoms with Crippen LogP contribution in [0, 0.1) is 0 Å². The molecule has 2 aromatic heterocycles. The fourth-order valence-corrected chi connectivity index (χ4v) is 1.09. The van der Waals surface area contributed by atoms with Crippen LogP contribution in [0.15, 0.2) is 23.3 Å². The van der Waals surface area contributed by atoms with Gasteiger partial charge in [0.15, 0.2) is 0 Å². The minimum absolute atomic E-state index is 0.146. The summed E-state index contributed by atoms with van der Waals surface area (Å²) in [6.07, 6.45) is 2.93. The summed E-state index contributed by atoms with van der Waals surface area (Å²) < 4.78 is 0. The fraction of sp³-hybridized carbons (Fsp3) is 0. The summed E-state index contributed by atoms with van der Waals surface area (Å²) in [5.74, 6) is 0. The van der Waals surface area contributed by atoms with E-state index >= 15 is 0 Å². The number of halogens is 1. The Morgan fingerprint density at radius 2 is 2.33 bits per heavy atom. The second-order valence-corrected chi connectivity index (χ2v) is 2.58. The normalized spacial score (nSPS) is 10.4. The topological polar surface area (TPSA) is 58.6 Å². The second-order valence-electron chi connectivity index (χ2n) is 2.24. The van der Waals surface area contributed by atoms with Gasteiger partial charge in [-0.3, -0.25) is 4.79 Å². The van der Waals surface area contributed by atoms with E-state index in [4.69, 9.17) is 11.6 Å². The Hall–Kier alpha value is -1.42. The minimum atomic E-state index is -0.204. The van der Waals surface area contributed by atoms with Gasteiger partial charge < -0.3 is 4.98 Å². The third-order valence-corrected chi connectivity index (χ3v) is 1.67. The Bertz CT molecular complexity index is 479. The van der Waals surface area contributed by atoms with Gasteiger partial charge in [-0.2, -0.15) is 0 Å². The first-order valence-electron chi connectivity index (χ1n) is 3.27. The van der Waals surface area contributed by atoms with E-state index in [-0.39, 0.29) is 10.8 Å². The molecule has 1 N–H and O–H groups in total. The van der Waals surface area contributed by atoms with Gasteiger partial charge in [-0.15, -0.1) is 0 Å². The molecule has 0 fully saturated rings. The lowest BCUT2D eigenvalue weighted by Crippen LogP contribution is -2.05. The number of hydrogen-bond acceptors (Lipinski definition) is 3. The number of aromatic amines is 1. The van der Waals surface area contributed by atoms with Crippen molar-refractivity contribution in [1.29, 1.82) is 0 Å². The summed E-state index contributed by atoms with van der Waals surface area (Å²) in [5, 5.41) is 0.593. The van der Waals surface area contributed by atoms with E-state index in [9.17, 15) is 4.79 Å². The highest BCUT2D eigenvalue weighted by molar-refractivity contribution is 6.28. The van der Waals surface area contributed by atoms with Crippen LogP contribution in [0.1, 0.15) is 0 Å². The first kappa shape index (κ1) is 7.24. The highest BCUT2D eigenvalue weighted by atomic mass is 35.5. The van der Waals surface area contributed by atoms with Gasteiger partial charge in [0.05, 0.1) is 10.9 Å². The molecule has 0 aromatic carbocycles. The van der Waals surface area contributed by atoms with Gasteiger partial charge in [-0.05, 0) is 17.7 Å². The van der Waals surface area contributed by atoms with Crippen molar-refractivity contribution in [1.82, 2.24) is 15.0 Å². The number of H-pyrrole nitrogens is 1. The maximum absolute atomic E-state index is 11.1. The third kappa shape index (κ3) is 1.06. The number of pyridine rings is 1. The van der Waals surface area contributed by atoms with Crippen molar-refractivity contribution < 1.29 is 0 Å². The number of nitrogens with one attached hydrogen (secondary N) is 1. The molecule has 4 nitrogen and oxygen atoms in total. The largest absolute Gasteiger partial charge is 0.328 e. The molecule has 0 atom stereocenters. The standard InChI is InChI=1S/C7H4ClN3O/c8-7-10-3-4-5(11-7)1-2-9-6(4)12/h1-3H,(H,9,12).